The van der Waals surface area contributed by atoms with Gasteiger partial charge >= 0.3 is 6.09 Å². The van der Waals surface area contributed by atoms with E-state index in [0.717, 1.165) is 39.3 Å². The quantitative estimate of drug-likeness (QED) is 0.154. The molecule has 2 aliphatic heterocycles. The van der Waals surface area contributed by atoms with Crippen LogP contribution in [0.25, 0.3) is 11.1 Å². The largest absolute Gasteiger partial charge is 0.488 e. The Morgan fingerprint density at radius 2 is 1.73 bits per heavy atom. The van der Waals surface area contributed by atoms with Crippen molar-refractivity contribution in [2.75, 3.05) is 19.8 Å². The Kier molecular flexibility index (Phi) is 10.6. The molecule has 1 fully saturated rings. The molecule has 3 N–H and O–H groups in total. The number of benzene rings is 4. The summed E-state index contributed by atoms with van der Waals surface area (Å²) in [5.74, 6) is 2.39. The summed E-state index contributed by atoms with van der Waals surface area (Å²) in [5, 5.41) is 34.0. The maximum absolute atomic E-state index is 12.1. The second-order valence-electron chi connectivity index (χ2n) is 13.9. The number of hydrogen-bond acceptors (Lipinski definition) is 8. The minimum absolute atomic E-state index is 0.0103. The molecule has 11 heteroatoms. The number of amides is 1. The minimum atomic E-state index is -1.07. The minimum Gasteiger partial charge on any atom is -0.488 e. The number of aliphatic hydroxyl groups excluding tert-OH is 1. The van der Waals surface area contributed by atoms with Gasteiger partial charge in [0.15, 0.2) is 11.5 Å². The third kappa shape index (κ3) is 8.02. The number of carboxylic acid groups (broad SMARTS) is 1. The van der Waals surface area contributed by atoms with Gasteiger partial charge in [-0.2, -0.15) is 5.26 Å². The van der Waals surface area contributed by atoms with Gasteiger partial charge in [-0.05, 0) is 70.5 Å². The van der Waals surface area contributed by atoms with Crippen LogP contribution in [0.2, 0.25) is 5.02 Å². The third-order valence-corrected chi connectivity index (χ3v) is 9.68. The molecule has 266 valence electrons. The van der Waals surface area contributed by atoms with Crippen LogP contribution in [0.3, 0.4) is 0 Å². The number of nitrogens with one attached hydrogen (secondary N) is 1. The maximum atomic E-state index is 12.1. The van der Waals surface area contributed by atoms with Crippen molar-refractivity contribution in [1.82, 2.24) is 10.2 Å². The van der Waals surface area contributed by atoms with Crippen LogP contribution in [-0.4, -0.2) is 59.2 Å². The summed E-state index contributed by atoms with van der Waals surface area (Å²) in [6.07, 6.45) is -1.97. The zero-order valence-electron chi connectivity index (χ0n) is 29.1. The lowest BCUT2D eigenvalue weighted by molar-refractivity contribution is 0.0961. The van der Waals surface area contributed by atoms with Gasteiger partial charge in [0.05, 0.1) is 41.4 Å². The monoisotopic (exact) mass is 711 g/mol. The Balaban J connectivity index is 1.25. The molecular weight excluding hydrogens is 670 g/mol. The molecule has 1 saturated heterocycles. The molecule has 0 spiro atoms. The molecule has 6 rings (SSSR count). The van der Waals surface area contributed by atoms with Gasteiger partial charge in [-0.1, -0.05) is 68.8 Å². The Morgan fingerprint density at radius 3 is 2.47 bits per heavy atom. The second-order valence-corrected chi connectivity index (χ2v) is 14.4. The van der Waals surface area contributed by atoms with Crippen LogP contribution in [0.15, 0.2) is 72.8 Å². The van der Waals surface area contributed by atoms with E-state index in [1.807, 2.05) is 57.2 Å². The van der Waals surface area contributed by atoms with Crippen molar-refractivity contribution in [3.8, 4) is 40.2 Å². The summed E-state index contributed by atoms with van der Waals surface area (Å²) in [5.41, 5.74) is 5.70. The van der Waals surface area contributed by atoms with Crippen molar-refractivity contribution in [2.45, 2.75) is 65.6 Å². The van der Waals surface area contributed by atoms with Gasteiger partial charge in [-0.15, -0.1) is 0 Å². The summed E-state index contributed by atoms with van der Waals surface area (Å²) in [7, 11) is 0. The highest BCUT2D eigenvalue weighted by Gasteiger charge is 2.48. The standard InChI is InChI=1S/C40H42ClN3O7/c1-24-28(9-6-10-30(24)27-11-12-33-36(17-27)49-14-13-48-33)23-51-35-18-34(50-22-26-8-5-7-25(15-26)19-42)29(16-31(35)41)20-43-37-32(45)21-44(39(46)47)38(37)40(2,3)4/h5-12,15-18,32,37-38,43,45H,13-14,20-23H2,1-4H3,(H,46,47)/t32?,37?,38-/m0/s1. The number of hydrogen-bond donors (Lipinski definition) is 3. The number of carbonyl (C=O) groups is 1. The number of halogens is 1. The van der Waals surface area contributed by atoms with Crippen LogP contribution in [-0.2, 0) is 19.8 Å². The van der Waals surface area contributed by atoms with Crippen LogP contribution in [0.1, 0.15) is 48.6 Å². The van der Waals surface area contributed by atoms with Crippen LogP contribution in [0, 0.1) is 23.7 Å². The van der Waals surface area contributed by atoms with Gasteiger partial charge in [0.1, 0.15) is 37.9 Å². The van der Waals surface area contributed by atoms with E-state index in [1.165, 1.54) is 4.90 Å². The predicted molar refractivity (Wildman–Crippen MR) is 193 cm³/mol. The predicted octanol–water partition coefficient (Wildman–Crippen LogP) is 7.34. The Labute approximate surface area is 303 Å². The van der Waals surface area contributed by atoms with Gasteiger partial charge in [0.2, 0.25) is 0 Å². The average molecular weight is 712 g/mol. The molecule has 2 aliphatic rings. The number of likely N-dealkylation sites (tertiary alicyclic amines) is 1. The van der Waals surface area contributed by atoms with Gasteiger partial charge in [0.25, 0.3) is 0 Å². The second kappa shape index (κ2) is 15.1. The molecule has 0 aliphatic carbocycles. The summed E-state index contributed by atoms with van der Waals surface area (Å²) < 4.78 is 24.2. The summed E-state index contributed by atoms with van der Waals surface area (Å²) >= 11 is 6.84. The number of nitriles is 1. The summed E-state index contributed by atoms with van der Waals surface area (Å²) in [6, 6.07) is 23.9. The van der Waals surface area contributed by atoms with E-state index in [2.05, 4.69) is 24.4 Å². The zero-order chi connectivity index (χ0) is 36.3. The first-order chi connectivity index (χ1) is 24.4. The first-order valence-electron chi connectivity index (χ1n) is 16.9. The fourth-order valence-corrected chi connectivity index (χ4v) is 7.12. The Bertz CT molecular complexity index is 1950. The first-order valence-corrected chi connectivity index (χ1v) is 17.3. The number of nitrogens with zero attached hydrogens (tertiary/aromatic N) is 2. The number of aliphatic hydroxyl groups is 1. The fraction of sp³-hybridized carbons (Fsp3) is 0.350. The molecule has 4 aromatic rings. The van der Waals surface area contributed by atoms with Crippen molar-refractivity contribution in [3.63, 3.8) is 0 Å². The highest BCUT2D eigenvalue weighted by molar-refractivity contribution is 6.32. The van der Waals surface area contributed by atoms with Gasteiger partial charge in [0, 0.05) is 18.2 Å². The molecule has 51 heavy (non-hydrogen) atoms. The summed E-state index contributed by atoms with van der Waals surface area (Å²) in [4.78, 5) is 13.4. The van der Waals surface area contributed by atoms with E-state index < -0.39 is 29.7 Å². The lowest BCUT2D eigenvalue weighted by atomic mass is 9.82. The van der Waals surface area contributed by atoms with E-state index in [1.54, 1.807) is 30.3 Å². The van der Waals surface area contributed by atoms with Crippen molar-refractivity contribution >= 4 is 17.7 Å². The van der Waals surface area contributed by atoms with Crippen molar-refractivity contribution in [1.29, 1.82) is 5.26 Å². The highest BCUT2D eigenvalue weighted by atomic mass is 35.5. The van der Waals surface area contributed by atoms with Crippen LogP contribution < -0.4 is 24.3 Å². The van der Waals surface area contributed by atoms with E-state index in [-0.39, 0.29) is 26.3 Å². The van der Waals surface area contributed by atoms with Crippen LogP contribution >= 0.6 is 11.6 Å². The zero-order valence-corrected chi connectivity index (χ0v) is 29.9. The van der Waals surface area contributed by atoms with Crippen molar-refractivity contribution < 1.29 is 34.0 Å². The lowest BCUT2D eigenvalue weighted by Gasteiger charge is -2.37. The SMILES string of the molecule is Cc1c(COc2cc(OCc3cccc(C#N)c3)c(CNC3C(O)CN(C(=O)O)[C@@H]3C(C)(C)C)cc2Cl)cccc1-c1ccc2c(c1)OCCO2. The number of ether oxygens (including phenoxy) is 4. The molecule has 0 radical (unpaired) electrons. The molecule has 2 unspecified atom stereocenters. The molecule has 0 aromatic heterocycles. The molecule has 3 atom stereocenters. The topological polar surface area (TPSA) is 134 Å². The average Bonchev–Trinajstić information content (AvgIpc) is 3.47. The molecule has 1 amide bonds. The van der Waals surface area contributed by atoms with Gasteiger partial charge in [-0.3, -0.25) is 0 Å². The Morgan fingerprint density at radius 1 is 0.980 bits per heavy atom. The molecular formula is C40H42ClN3O7. The number of β-amino-alcohol motifs (C(OH)–C–C–N with tert-alkyl or cyclic N) is 1. The lowest BCUT2D eigenvalue weighted by Crippen LogP contribution is -2.53. The van der Waals surface area contributed by atoms with E-state index >= 15 is 0 Å². The molecule has 0 saturated carbocycles. The smallest absolute Gasteiger partial charge is 0.407 e. The van der Waals surface area contributed by atoms with Crippen molar-refractivity contribution in [2.24, 2.45) is 5.41 Å². The molecule has 10 nitrogen and oxygen atoms in total. The van der Waals surface area contributed by atoms with Crippen LogP contribution in [0.4, 0.5) is 4.79 Å². The molecule has 2 heterocycles. The van der Waals surface area contributed by atoms with Gasteiger partial charge < -0.3 is 39.4 Å². The number of fused-ring (bicyclic) bond motifs is 1. The molecule has 0 bridgehead atoms. The first kappa shape index (κ1) is 35.9. The van der Waals surface area contributed by atoms with E-state index in [9.17, 15) is 20.3 Å². The summed E-state index contributed by atoms with van der Waals surface area (Å²) in [6.45, 7) is 9.66. The number of rotatable bonds is 10. The van der Waals surface area contributed by atoms with E-state index in [0.29, 0.717) is 40.9 Å². The maximum Gasteiger partial charge on any atom is 0.407 e. The van der Waals surface area contributed by atoms with Crippen molar-refractivity contribution in [3.05, 3.63) is 106 Å². The third-order valence-electron chi connectivity index (χ3n) is 9.38. The van der Waals surface area contributed by atoms with E-state index in [4.69, 9.17) is 30.5 Å². The molecule has 4 aromatic carbocycles. The Hall–Kier alpha value is -4.95. The normalized spacial score (nSPS) is 18.3. The van der Waals surface area contributed by atoms with Gasteiger partial charge in [-0.25, -0.2) is 4.79 Å². The van der Waals surface area contributed by atoms with Crippen LogP contribution in [0.5, 0.6) is 23.0 Å². The fourth-order valence-electron chi connectivity index (χ4n) is 6.88. The highest BCUT2D eigenvalue weighted by Crippen LogP contribution is 2.38.